The van der Waals surface area contributed by atoms with Crippen LogP contribution in [0.4, 0.5) is 5.69 Å². The maximum Gasteiger partial charge on any atom is 0.274 e. The van der Waals surface area contributed by atoms with Crippen LogP contribution in [-0.4, -0.2) is 10.5 Å². The van der Waals surface area contributed by atoms with Gasteiger partial charge in [0.05, 0.1) is 15.5 Å². The van der Waals surface area contributed by atoms with E-state index in [0.717, 1.165) is 25.7 Å². The van der Waals surface area contributed by atoms with Gasteiger partial charge in [0.15, 0.2) is 0 Å². The van der Waals surface area contributed by atoms with Crippen LogP contribution in [0.1, 0.15) is 44.6 Å². The molecule has 0 saturated heterocycles. The molecule has 0 heterocycles. The Morgan fingerprint density at radius 1 is 1.55 bits per heavy atom. The molecule has 0 amide bonds. The zero-order chi connectivity index (χ0) is 14.8. The van der Waals surface area contributed by atoms with Crippen molar-refractivity contribution < 1.29 is 4.92 Å². The normalized spacial score (nSPS) is 26.4. The van der Waals surface area contributed by atoms with E-state index in [1.54, 1.807) is 12.1 Å². The third-order valence-corrected chi connectivity index (χ3v) is 4.73. The van der Waals surface area contributed by atoms with Gasteiger partial charge in [-0.15, -0.1) is 0 Å². The molecule has 2 N–H and O–H groups in total. The van der Waals surface area contributed by atoms with Gasteiger partial charge in [0.1, 0.15) is 0 Å². The van der Waals surface area contributed by atoms with Gasteiger partial charge in [-0.2, -0.15) is 0 Å². The molecule has 1 saturated carbocycles. The standard InChI is InChI=1S/C15H21ClN2O2/c1-2-11-5-4-8-15(17,9-11)10-12-13(16)6-3-7-14(12)18(19)20/h3,6-7,11H,2,4-5,8-10,17H2,1H3. The lowest BCUT2D eigenvalue weighted by molar-refractivity contribution is -0.385. The lowest BCUT2D eigenvalue weighted by atomic mass is 9.72. The summed E-state index contributed by atoms with van der Waals surface area (Å²) in [6, 6.07) is 4.82. The van der Waals surface area contributed by atoms with Crippen LogP contribution in [-0.2, 0) is 6.42 Å². The van der Waals surface area contributed by atoms with Crippen LogP contribution in [0.25, 0.3) is 0 Å². The van der Waals surface area contributed by atoms with Gasteiger partial charge >= 0.3 is 0 Å². The van der Waals surface area contributed by atoms with Crippen LogP contribution < -0.4 is 5.73 Å². The van der Waals surface area contributed by atoms with Crippen molar-refractivity contribution in [1.29, 1.82) is 0 Å². The molecule has 20 heavy (non-hydrogen) atoms. The molecule has 110 valence electrons. The summed E-state index contributed by atoms with van der Waals surface area (Å²) in [6.07, 6.45) is 5.73. The zero-order valence-corrected chi connectivity index (χ0v) is 12.5. The molecule has 0 radical (unpaired) electrons. The molecule has 0 aliphatic heterocycles. The first-order valence-electron chi connectivity index (χ1n) is 7.16. The topological polar surface area (TPSA) is 69.2 Å². The number of nitrogens with two attached hydrogens (primary N) is 1. The Morgan fingerprint density at radius 2 is 2.30 bits per heavy atom. The number of nitro benzene ring substituents is 1. The molecular weight excluding hydrogens is 276 g/mol. The Kier molecular flexibility index (Phi) is 4.66. The summed E-state index contributed by atoms with van der Waals surface area (Å²) < 4.78 is 0. The summed E-state index contributed by atoms with van der Waals surface area (Å²) in [6.45, 7) is 2.17. The highest BCUT2D eigenvalue weighted by Crippen LogP contribution is 2.38. The molecule has 4 nitrogen and oxygen atoms in total. The number of rotatable bonds is 4. The summed E-state index contributed by atoms with van der Waals surface area (Å²) >= 11 is 6.16. The van der Waals surface area contributed by atoms with Gasteiger partial charge in [-0.25, -0.2) is 0 Å². The summed E-state index contributed by atoms with van der Waals surface area (Å²) in [5.74, 6) is 0.621. The molecule has 1 aliphatic carbocycles. The van der Waals surface area contributed by atoms with E-state index in [0.29, 0.717) is 22.9 Å². The Morgan fingerprint density at radius 3 is 2.95 bits per heavy atom. The second-order valence-corrected chi connectivity index (χ2v) is 6.31. The largest absolute Gasteiger partial charge is 0.325 e. The van der Waals surface area contributed by atoms with Crippen molar-refractivity contribution in [3.8, 4) is 0 Å². The molecule has 2 rings (SSSR count). The van der Waals surface area contributed by atoms with Crippen LogP contribution in [0.5, 0.6) is 0 Å². The molecule has 1 aromatic carbocycles. The molecule has 0 bridgehead atoms. The van der Waals surface area contributed by atoms with E-state index in [1.807, 2.05) is 0 Å². The second kappa shape index (κ2) is 6.10. The molecule has 1 fully saturated rings. The SMILES string of the molecule is CCC1CCCC(N)(Cc2c(Cl)cccc2[N+](=O)[O-])C1. The van der Waals surface area contributed by atoms with Crippen molar-refractivity contribution in [3.63, 3.8) is 0 Å². The highest BCUT2D eigenvalue weighted by atomic mass is 35.5. The van der Waals surface area contributed by atoms with E-state index < -0.39 is 0 Å². The smallest absolute Gasteiger partial charge is 0.274 e. The number of hydrogen-bond donors (Lipinski definition) is 1. The number of nitro groups is 1. The first-order chi connectivity index (χ1) is 9.45. The van der Waals surface area contributed by atoms with Crippen LogP contribution in [0.3, 0.4) is 0 Å². The fourth-order valence-electron chi connectivity index (χ4n) is 3.28. The van der Waals surface area contributed by atoms with Gasteiger partial charge in [-0.1, -0.05) is 43.9 Å². The lowest BCUT2D eigenvalue weighted by Crippen LogP contribution is -2.46. The highest BCUT2D eigenvalue weighted by Gasteiger charge is 2.34. The molecule has 2 unspecified atom stereocenters. The first kappa shape index (κ1) is 15.3. The minimum absolute atomic E-state index is 0.0842. The van der Waals surface area contributed by atoms with Gasteiger partial charge in [0.25, 0.3) is 5.69 Å². The third-order valence-electron chi connectivity index (χ3n) is 4.38. The van der Waals surface area contributed by atoms with E-state index in [-0.39, 0.29) is 16.1 Å². The fraction of sp³-hybridized carbons (Fsp3) is 0.600. The molecule has 0 aromatic heterocycles. The van der Waals surface area contributed by atoms with Crippen molar-refractivity contribution in [1.82, 2.24) is 0 Å². The van der Waals surface area contributed by atoms with Crippen LogP contribution in [0.15, 0.2) is 18.2 Å². The van der Waals surface area contributed by atoms with Gasteiger partial charge in [-0.3, -0.25) is 10.1 Å². The van der Waals surface area contributed by atoms with E-state index in [4.69, 9.17) is 17.3 Å². The first-order valence-corrected chi connectivity index (χ1v) is 7.53. The van der Waals surface area contributed by atoms with E-state index >= 15 is 0 Å². The maximum atomic E-state index is 11.1. The summed E-state index contributed by atoms with van der Waals surface area (Å²) in [5, 5.41) is 11.6. The van der Waals surface area contributed by atoms with Crippen LogP contribution >= 0.6 is 11.6 Å². The molecular formula is C15H21ClN2O2. The van der Waals surface area contributed by atoms with Crippen LogP contribution in [0.2, 0.25) is 5.02 Å². The molecule has 2 atom stereocenters. The molecule has 5 heteroatoms. The molecule has 1 aliphatic rings. The highest BCUT2D eigenvalue weighted by molar-refractivity contribution is 6.31. The van der Waals surface area contributed by atoms with Crippen molar-refractivity contribution in [2.75, 3.05) is 0 Å². The van der Waals surface area contributed by atoms with E-state index in [9.17, 15) is 10.1 Å². The van der Waals surface area contributed by atoms with Crippen molar-refractivity contribution in [2.24, 2.45) is 11.7 Å². The Labute approximate surface area is 124 Å². The van der Waals surface area contributed by atoms with Crippen LogP contribution in [0, 0.1) is 16.0 Å². The summed E-state index contributed by atoms with van der Waals surface area (Å²) in [4.78, 5) is 10.8. The fourth-order valence-corrected chi connectivity index (χ4v) is 3.51. The van der Waals surface area contributed by atoms with Gasteiger partial charge in [-0.05, 0) is 31.2 Å². The Hall–Kier alpha value is -1.13. The van der Waals surface area contributed by atoms with Gasteiger partial charge < -0.3 is 5.73 Å². The number of halogens is 1. The van der Waals surface area contributed by atoms with Gasteiger partial charge in [0, 0.05) is 11.6 Å². The average molecular weight is 297 g/mol. The Bertz CT molecular complexity index is 507. The summed E-state index contributed by atoms with van der Waals surface area (Å²) in [7, 11) is 0. The Balaban J connectivity index is 2.27. The monoisotopic (exact) mass is 296 g/mol. The number of hydrogen-bond acceptors (Lipinski definition) is 3. The van der Waals surface area contributed by atoms with Crippen molar-refractivity contribution >= 4 is 17.3 Å². The van der Waals surface area contributed by atoms with Gasteiger partial charge in [0.2, 0.25) is 0 Å². The second-order valence-electron chi connectivity index (χ2n) is 5.90. The number of nitrogens with zero attached hydrogens (tertiary/aromatic N) is 1. The summed E-state index contributed by atoms with van der Waals surface area (Å²) in [5.41, 5.74) is 6.81. The average Bonchev–Trinajstić information content (AvgIpc) is 2.40. The van der Waals surface area contributed by atoms with Crippen molar-refractivity contribution in [2.45, 2.75) is 51.0 Å². The van der Waals surface area contributed by atoms with E-state index in [1.165, 1.54) is 12.5 Å². The number of benzene rings is 1. The quantitative estimate of drug-likeness (QED) is 0.672. The lowest BCUT2D eigenvalue weighted by Gasteiger charge is -2.38. The molecule has 0 spiro atoms. The maximum absolute atomic E-state index is 11.1. The predicted molar refractivity (Wildman–Crippen MR) is 81.0 cm³/mol. The third kappa shape index (κ3) is 3.30. The zero-order valence-electron chi connectivity index (χ0n) is 11.8. The minimum atomic E-state index is -0.370. The minimum Gasteiger partial charge on any atom is -0.325 e. The molecule has 1 aromatic rings. The predicted octanol–water partition coefficient (Wildman–Crippen LogP) is 4.09. The van der Waals surface area contributed by atoms with Crippen molar-refractivity contribution in [3.05, 3.63) is 38.9 Å². The van der Waals surface area contributed by atoms with E-state index in [2.05, 4.69) is 6.92 Å².